The summed E-state index contributed by atoms with van der Waals surface area (Å²) in [6, 6.07) is 0. The largest absolute Gasteiger partial charge is 0.354 e. The number of aliphatic imine (C=N–C) groups is 1. The van der Waals surface area contributed by atoms with Gasteiger partial charge in [-0.1, -0.05) is 20.8 Å². The Morgan fingerprint density at radius 3 is 2.81 bits per heavy atom. The summed E-state index contributed by atoms with van der Waals surface area (Å²) in [5.41, 5.74) is 0. The number of hydrogen-bond acceptors (Lipinski definition) is 3. The van der Waals surface area contributed by atoms with Crippen LogP contribution in [0, 0.1) is 5.92 Å². The lowest BCUT2D eigenvalue weighted by molar-refractivity contribution is 0.482. The molecule has 21 heavy (non-hydrogen) atoms. The molecule has 2 heterocycles. The number of rotatable bonds is 6. The molecular formula is C15H28N6. The lowest BCUT2D eigenvalue weighted by Gasteiger charge is -2.22. The Morgan fingerprint density at radius 1 is 1.38 bits per heavy atom. The van der Waals surface area contributed by atoms with Gasteiger partial charge in [0.15, 0.2) is 5.96 Å². The van der Waals surface area contributed by atoms with Gasteiger partial charge >= 0.3 is 0 Å². The summed E-state index contributed by atoms with van der Waals surface area (Å²) in [6.45, 7) is 11.4. The van der Waals surface area contributed by atoms with E-state index >= 15 is 0 Å². The zero-order valence-corrected chi connectivity index (χ0v) is 13.5. The molecule has 1 aliphatic heterocycles. The average molecular weight is 292 g/mol. The highest BCUT2D eigenvalue weighted by Gasteiger charge is 2.16. The zero-order valence-electron chi connectivity index (χ0n) is 13.5. The minimum Gasteiger partial charge on any atom is -0.354 e. The highest BCUT2D eigenvalue weighted by molar-refractivity contribution is 5.80. The lowest BCUT2D eigenvalue weighted by Crippen LogP contribution is -2.41. The van der Waals surface area contributed by atoms with Crippen LogP contribution in [0.4, 0.5) is 0 Å². The molecule has 0 bridgehead atoms. The van der Waals surface area contributed by atoms with E-state index in [9.17, 15) is 0 Å². The summed E-state index contributed by atoms with van der Waals surface area (Å²) in [5.74, 6) is 2.69. The summed E-state index contributed by atoms with van der Waals surface area (Å²) in [4.78, 5) is 7.13. The predicted molar refractivity (Wildman–Crippen MR) is 85.3 cm³/mol. The van der Waals surface area contributed by atoms with Crippen molar-refractivity contribution in [3.8, 4) is 0 Å². The van der Waals surface area contributed by atoms with Crippen LogP contribution in [0.15, 0.2) is 11.3 Å². The maximum atomic E-state index is 4.76. The summed E-state index contributed by atoms with van der Waals surface area (Å²) in [5, 5.41) is 11.6. The molecule has 0 atom stereocenters. The third-order valence-electron chi connectivity index (χ3n) is 3.66. The smallest absolute Gasteiger partial charge is 0.193 e. The molecular weight excluding hydrogens is 264 g/mol. The van der Waals surface area contributed by atoms with Crippen LogP contribution in [-0.4, -0.2) is 51.8 Å². The average Bonchev–Trinajstić information content (AvgIpc) is 3.13. The molecule has 1 aromatic heterocycles. The van der Waals surface area contributed by atoms with Gasteiger partial charge in [0.2, 0.25) is 0 Å². The van der Waals surface area contributed by atoms with Crippen molar-refractivity contribution in [1.29, 1.82) is 0 Å². The van der Waals surface area contributed by atoms with Crippen LogP contribution >= 0.6 is 0 Å². The molecule has 6 heteroatoms. The molecule has 1 N–H and O–H groups in total. The second-order valence-corrected chi connectivity index (χ2v) is 5.97. The van der Waals surface area contributed by atoms with Crippen molar-refractivity contribution in [3.63, 3.8) is 0 Å². The molecule has 1 aromatic rings. The first-order chi connectivity index (χ1) is 10.2. The number of nitrogens with one attached hydrogen (secondary N) is 1. The molecule has 0 saturated carbocycles. The van der Waals surface area contributed by atoms with Crippen molar-refractivity contribution in [1.82, 2.24) is 25.0 Å². The van der Waals surface area contributed by atoms with E-state index in [1.165, 1.54) is 12.8 Å². The maximum absolute atomic E-state index is 4.76. The van der Waals surface area contributed by atoms with Gasteiger partial charge < -0.3 is 14.8 Å². The zero-order chi connectivity index (χ0) is 15.1. The fourth-order valence-corrected chi connectivity index (χ4v) is 2.49. The first kappa shape index (κ1) is 15.8. The van der Waals surface area contributed by atoms with Crippen LogP contribution in [0.3, 0.4) is 0 Å². The molecule has 0 radical (unpaired) electrons. The standard InChI is InChI=1S/C15H28N6/c1-4-14-19-18-12-21(14)10-7-16-15(17-11-13(2)3)20-8-5-6-9-20/h12-13H,4-11H2,1-3H3,(H,16,17). The normalized spacial score (nSPS) is 16.0. The van der Waals surface area contributed by atoms with Crippen LogP contribution < -0.4 is 5.32 Å². The first-order valence-corrected chi connectivity index (χ1v) is 8.10. The molecule has 1 saturated heterocycles. The molecule has 0 spiro atoms. The van der Waals surface area contributed by atoms with Gasteiger partial charge in [-0.15, -0.1) is 10.2 Å². The third kappa shape index (κ3) is 4.72. The van der Waals surface area contributed by atoms with Crippen LogP contribution in [0.2, 0.25) is 0 Å². The van der Waals surface area contributed by atoms with Crippen molar-refractivity contribution in [2.24, 2.45) is 10.9 Å². The predicted octanol–water partition coefficient (Wildman–Crippen LogP) is 1.54. The molecule has 2 rings (SSSR count). The van der Waals surface area contributed by atoms with E-state index in [4.69, 9.17) is 4.99 Å². The van der Waals surface area contributed by atoms with Crippen molar-refractivity contribution in [2.45, 2.75) is 46.6 Å². The molecule has 1 aliphatic rings. The molecule has 0 aromatic carbocycles. The molecule has 1 fully saturated rings. The van der Waals surface area contributed by atoms with Gasteiger partial charge in [0.05, 0.1) is 0 Å². The summed E-state index contributed by atoms with van der Waals surface area (Å²) >= 11 is 0. The van der Waals surface area contributed by atoms with Crippen LogP contribution in [-0.2, 0) is 13.0 Å². The van der Waals surface area contributed by atoms with Gasteiger partial charge in [-0.3, -0.25) is 4.99 Å². The Hall–Kier alpha value is -1.59. The van der Waals surface area contributed by atoms with Gasteiger partial charge in [0.1, 0.15) is 12.2 Å². The van der Waals surface area contributed by atoms with Crippen LogP contribution in [0.25, 0.3) is 0 Å². The second-order valence-electron chi connectivity index (χ2n) is 5.97. The monoisotopic (exact) mass is 292 g/mol. The summed E-state index contributed by atoms with van der Waals surface area (Å²) in [6.07, 6.45) is 5.27. The van der Waals surface area contributed by atoms with Gasteiger partial charge in [0, 0.05) is 39.1 Å². The minimum absolute atomic E-state index is 0.592. The molecule has 118 valence electrons. The van der Waals surface area contributed by atoms with Gasteiger partial charge in [-0.2, -0.15) is 0 Å². The Balaban J connectivity index is 1.88. The second kappa shape index (κ2) is 8.00. The van der Waals surface area contributed by atoms with E-state index in [0.29, 0.717) is 5.92 Å². The summed E-state index contributed by atoms with van der Waals surface area (Å²) < 4.78 is 2.11. The number of guanidine groups is 1. The number of likely N-dealkylation sites (tertiary alicyclic amines) is 1. The van der Waals surface area contributed by atoms with E-state index in [0.717, 1.165) is 50.9 Å². The van der Waals surface area contributed by atoms with E-state index in [-0.39, 0.29) is 0 Å². The SMILES string of the molecule is CCc1nncn1CCNC(=NCC(C)C)N1CCCC1. The Labute approximate surface area is 127 Å². The highest BCUT2D eigenvalue weighted by Crippen LogP contribution is 2.08. The fourth-order valence-electron chi connectivity index (χ4n) is 2.49. The Bertz CT molecular complexity index is 445. The van der Waals surface area contributed by atoms with Crippen molar-refractivity contribution < 1.29 is 0 Å². The number of nitrogens with zero attached hydrogens (tertiary/aromatic N) is 5. The van der Waals surface area contributed by atoms with Crippen molar-refractivity contribution in [3.05, 3.63) is 12.2 Å². The topological polar surface area (TPSA) is 58.3 Å². The molecule has 0 unspecified atom stereocenters. The highest BCUT2D eigenvalue weighted by atomic mass is 15.3. The Kier molecular flexibility index (Phi) is 6.02. The van der Waals surface area contributed by atoms with Gasteiger partial charge in [-0.25, -0.2) is 0 Å². The van der Waals surface area contributed by atoms with E-state index in [1.807, 2.05) is 0 Å². The molecule has 6 nitrogen and oxygen atoms in total. The van der Waals surface area contributed by atoms with Gasteiger partial charge in [-0.05, 0) is 18.8 Å². The van der Waals surface area contributed by atoms with Crippen molar-refractivity contribution in [2.75, 3.05) is 26.2 Å². The fraction of sp³-hybridized carbons (Fsp3) is 0.800. The van der Waals surface area contributed by atoms with E-state index in [1.54, 1.807) is 6.33 Å². The third-order valence-corrected chi connectivity index (χ3v) is 3.66. The number of hydrogen-bond donors (Lipinski definition) is 1. The quantitative estimate of drug-likeness (QED) is 0.638. The maximum Gasteiger partial charge on any atom is 0.193 e. The lowest BCUT2D eigenvalue weighted by atomic mass is 10.2. The molecule has 0 aliphatic carbocycles. The summed E-state index contributed by atoms with van der Waals surface area (Å²) in [7, 11) is 0. The first-order valence-electron chi connectivity index (χ1n) is 8.10. The van der Waals surface area contributed by atoms with Crippen LogP contribution in [0.5, 0.6) is 0 Å². The van der Waals surface area contributed by atoms with Crippen molar-refractivity contribution >= 4 is 5.96 Å². The number of aryl methyl sites for hydroxylation is 1. The number of aromatic nitrogens is 3. The van der Waals surface area contributed by atoms with E-state index in [2.05, 4.69) is 45.8 Å². The minimum atomic E-state index is 0.592. The van der Waals surface area contributed by atoms with E-state index < -0.39 is 0 Å². The van der Waals surface area contributed by atoms with Crippen LogP contribution in [0.1, 0.15) is 39.4 Å². The van der Waals surface area contributed by atoms with Gasteiger partial charge in [0.25, 0.3) is 0 Å². The molecule has 0 amide bonds. The Morgan fingerprint density at radius 2 is 2.14 bits per heavy atom.